The van der Waals surface area contributed by atoms with Crippen molar-refractivity contribution < 1.29 is 14.7 Å². The fourth-order valence-corrected chi connectivity index (χ4v) is 2.32. The third kappa shape index (κ3) is 3.31. The Morgan fingerprint density at radius 2 is 2.32 bits per heavy atom. The number of H-pyrrole nitrogens is 1. The summed E-state index contributed by atoms with van der Waals surface area (Å²) in [5.41, 5.74) is 0.446. The number of likely N-dealkylation sites (N-methyl/N-ethyl adjacent to an activating group) is 1. The summed E-state index contributed by atoms with van der Waals surface area (Å²) >= 11 is 0. The maximum atomic E-state index is 11.7. The number of carboxylic acids is 1. The number of aliphatic carboxylic acids is 1. The molecule has 2 rings (SSSR count). The van der Waals surface area contributed by atoms with Crippen LogP contribution in [0, 0.1) is 0 Å². The number of carbonyl (C=O) groups excluding carboxylic acids is 1. The summed E-state index contributed by atoms with van der Waals surface area (Å²) < 4.78 is 0. The van der Waals surface area contributed by atoms with Crippen molar-refractivity contribution in [3.63, 3.8) is 0 Å². The average molecular weight is 266 g/mol. The van der Waals surface area contributed by atoms with Gasteiger partial charge in [-0.15, -0.1) is 0 Å². The van der Waals surface area contributed by atoms with Crippen molar-refractivity contribution in [1.29, 1.82) is 0 Å². The van der Waals surface area contributed by atoms with Gasteiger partial charge in [-0.3, -0.25) is 19.6 Å². The Morgan fingerprint density at radius 1 is 1.58 bits per heavy atom. The highest BCUT2D eigenvalue weighted by Gasteiger charge is 2.34. The molecule has 1 aromatic heterocycles. The molecule has 1 saturated carbocycles. The Labute approximate surface area is 111 Å². The van der Waals surface area contributed by atoms with Crippen LogP contribution in [0.15, 0.2) is 12.3 Å². The summed E-state index contributed by atoms with van der Waals surface area (Å²) in [5.74, 6) is -0.978. The van der Waals surface area contributed by atoms with Crippen molar-refractivity contribution >= 4 is 11.9 Å². The fraction of sp³-hybridized carbons (Fsp3) is 0.583. The first-order chi connectivity index (χ1) is 9.10. The predicted molar refractivity (Wildman–Crippen MR) is 67.7 cm³/mol. The molecule has 104 valence electrons. The molecule has 0 atom stereocenters. The van der Waals surface area contributed by atoms with Gasteiger partial charge < -0.3 is 10.4 Å². The van der Waals surface area contributed by atoms with Crippen LogP contribution in [-0.2, 0) is 4.79 Å². The van der Waals surface area contributed by atoms with Crippen LogP contribution in [0.4, 0.5) is 0 Å². The van der Waals surface area contributed by atoms with Crippen LogP contribution in [-0.4, -0.2) is 57.3 Å². The molecule has 1 fully saturated rings. The van der Waals surface area contributed by atoms with Crippen LogP contribution in [0.25, 0.3) is 0 Å². The molecule has 7 heteroatoms. The van der Waals surface area contributed by atoms with Gasteiger partial charge in [-0.05, 0) is 25.5 Å². The Hall–Kier alpha value is -1.89. The van der Waals surface area contributed by atoms with Gasteiger partial charge >= 0.3 is 5.97 Å². The van der Waals surface area contributed by atoms with E-state index in [0.29, 0.717) is 12.2 Å². The number of carbonyl (C=O) groups is 2. The maximum Gasteiger partial charge on any atom is 0.317 e. The Morgan fingerprint density at radius 3 is 2.84 bits per heavy atom. The molecule has 0 unspecified atom stereocenters. The maximum absolute atomic E-state index is 11.7. The summed E-state index contributed by atoms with van der Waals surface area (Å²) in [4.78, 5) is 24.4. The first-order valence-electron chi connectivity index (χ1n) is 6.36. The van der Waals surface area contributed by atoms with E-state index >= 15 is 0 Å². The van der Waals surface area contributed by atoms with Crippen molar-refractivity contribution in [3.8, 4) is 0 Å². The molecule has 0 aliphatic heterocycles. The molecule has 1 amide bonds. The lowest BCUT2D eigenvalue weighted by molar-refractivity contribution is -0.139. The van der Waals surface area contributed by atoms with Gasteiger partial charge in [0.1, 0.15) is 5.69 Å². The van der Waals surface area contributed by atoms with Crippen molar-refractivity contribution in [3.05, 3.63) is 18.0 Å². The molecule has 0 radical (unpaired) electrons. The van der Waals surface area contributed by atoms with Gasteiger partial charge in [0.25, 0.3) is 5.91 Å². The lowest BCUT2D eigenvalue weighted by atomic mass is 9.85. The molecule has 0 spiro atoms. The van der Waals surface area contributed by atoms with E-state index in [1.165, 1.54) is 6.20 Å². The number of nitrogens with zero attached hydrogens (tertiary/aromatic N) is 2. The zero-order valence-electron chi connectivity index (χ0n) is 10.8. The fourth-order valence-electron chi connectivity index (χ4n) is 2.32. The zero-order chi connectivity index (χ0) is 13.8. The van der Waals surface area contributed by atoms with Crippen LogP contribution in [0.2, 0.25) is 0 Å². The highest BCUT2D eigenvalue weighted by molar-refractivity contribution is 5.92. The lowest BCUT2D eigenvalue weighted by Crippen LogP contribution is -2.54. The highest BCUT2D eigenvalue weighted by atomic mass is 16.4. The molecule has 0 bridgehead atoms. The van der Waals surface area contributed by atoms with Crippen molar-refractivity contribution in [2.24, 2.45) is 0 Å². The summed E-state index contributed by atoms with van der Waals surface area (Å²) in [7, 11) is 0. The van der Waals surface area contributed by atoms with Crippen LogP contribution in [0.5, 0.6) is 0 Å². The molecule has 1 aliphatic rings. The number of rotatable bonds is 6. The first kappa shape index (κ1) is 13.5. The molecule has 0 saturated heterocycles. The third-order valence-corrected chi connectivity index (χ3v) is 3.45. The molecule has 3 N–H and O–H groups in total. The number of aromatic amines is 1. The molecule has 1 aliphatic carbocycles. The van der Waals surface area contributed by atoms with Crippen LogP contribution in [0.1, 0.15) is 30.3 Å². The van der Waals surface area contributed by atoms with Crippen molar-refractivity contribution in [1.82, 2.24) is 20.4 Å². The largest absolute Gasteiger partial charge is 0.480 e. The molecule has 1 aromatic rings. The molecule has 0 aromatic carbocycles. The van der Waals surface area contributed by atoms with Crippen molar-refractivity contribution in [2.45, 2.75) is 31.8 Å². The lowest BCUT2D eigenvalue weighted by Gasteiger charge is -2.42. The summed E-state index contributed by atoms with van der Waals surface area (Å²) in [6.07, 6.45) is 3.12. The standard InChI is InChI=1S/C12H18N4O3/c1-2-16(7-11(17)18)9-5-8(6-9)14-12(19)10-3-4-13-15-10/h3-4,8-9H,2,5-7H2,1H3,(H,13,15)(H,14,19)(H,17,18). The summed E-state index contributed by atoms with van der Waals surface area (Å²) in [6, 6.07) is 1.98. The quantitative estimate of drug-likeness (QED) is 0.677. The van der Waals surface area contributed by atoms with Gasteiger partial charge in [-0.25, -0.2) is 0 Å². The topological polar surface area (TPSA) is 98.3 Å². The van der Waals surface area contributed by atoms with Gasteiger partial charge in [-0.2, -0.15) is 5.10 Å². The molecular formula is C12H18N4O3. The normalized spacial score (nSPS) is 22.0. The van der Waals surface area contributed by atoms with Gasteiger partial charge in [0, 0.05) is 18.3 Å². The monoisotopic (exact) mass is 266 g/mol. The second-order valence-corrected chi connectivity index (χ2v) is 4.72. The summed E-state index contributed by atoms with van der Waals surface area (Å²) in [6.45, 7) is 2.71. The first-order valence-corrected chi connectivity index (χ1v) is 6.36. The second kappa shape index (κ2) is 5.83. The van der Waals surface area contributed by atoms with Gasteiger partial charge in [0.05, 0.1) is 6.54 Å². The number of hydrogen-bond acceptors (Lipinski definition) is 4. The average Bonchev–Trinajstić information content (AvgIpc) is 2.83. The number of aromatic nitrogens is 2. The number of nitrogens with one attached hydrogen (secondary N) is 2. The van der Waals surface area contributed by atoms with Gasteiger partial charge in [0.2, 0.25) is 0 Å². The number of amides is 1. The Bertz CT molecular complexity index is 440. The molecular weight excluding hydrogens is 248 g/mol. The number of carboxylic acid groups (broad SMARTS) is 1. The van der Waals surface area contributed by atoms with Gasteiger partial charge in [-0.1, -0.05) is 6.92 Å². The van der Waals surface area contributed by atoms with Crippen LogP contribution < -0.4 is 5.32 Å². The van der Waals surface area contributed by atoms with Crippen LogP contribution >= 0.6 is 0 Å². The van der Waals surface area contributed by atoms with E-state index in [9.17, 15) is 9.59 Å². The van der Waals surface area contributed by atoms with Gasteiger partial charge in [0.15, 0.2) is 0 Å². The SMILES string of the molecule is CCN(CC(=O)O)C1CC(NC(=O)c2ccn[nH]2)C1. The second-order valence-electron chi connectivity index (χ2n) is 4.72. The van der Waals surface area contributed by atoms with E-state index in [1.807, 2.05) is 11.8 Å². The van der Waals surface area contributed by atoms with E-state index in [-0.39, 0.29) is 24.5 Å². The highest BCUT2D eigenvalue weighted by Crippen LogP contribution is 2.25. The minimum atomic E-state index is -0.813. The Balaban J connectivity index is 1.76. The van der Waals surface area contributed by atoms with E-state index in [2.05, 4.69) is 15.5 Å². The summed E-state index contributed by atoms with van der Waals surface area (Å²) in [5, 5.41) is 18.0. The molecule has 1 heterocycles. The van der Waals surface area contributed by atoms with E-state index in [0.717, 1.165) is 12.8 Å². The number of hydrogen-bond donors (Lipinski definition) is 3. The third-order valence-electron chi connectivity index (χ3n) is 3.45. The predicted octanol–water partition coefficient (Wildman–Crippen LogP) is 0.0770. The molecule has 7 nitrogen and oxygen atoms in total. The van der Waals surface area contributed by atoms with Crippen LogP contribution in [0.3, 0.4) is 0 Å². The minimum absolute atomic E-state index is 0.0579. The van der Waals surface area contributed by atoms with E-state index < -0.39 is 5.97 Å². The minimum Gasteiger partial charge on any atom is -0.480 e. The van der Waals surface area contributed by atoms with E-state index in [4.69, 9.17) is 5.11 Å². The molecule has 19 heavy (non-hydrogen) atoms. The van der Waals surface area contributed by atoms with Crippen molar-refractivity contribution in [2.75, 3.05) is 13.1 Å². The smallest absolute Gasteiger partial charge is 0.317 e. The van der Waals surface area contributed by atoms with E-state index in [1.54, 1.807) is 6.07 Å². The zero-order valence-corrected chi connectivity index (χ0v) is 10.8. The Kier molecular flexibility index (Phi) is 4.16.